The number of hydrogen-bond acceptors (Lipinski definition) is 4. The van der Waals surface area contributed by atoms with Crippen LogP contribution in [0, 0.1) is 6.92 Å². The molecule has 0 aliphatic rings. The van der Waals surface area contributed by atoms with Crippen molar-refractivity contribution in [3.8, 4) is 11.5 Å². The molecule has 0 atom stereocenters. The topological polar surface area (TPSA) is 92.0 Å². The molecule has 2 heterocycles. The Hall–Kier alpha value is -2.11. The lowest BCUT2D eigenvalue weighted by Gasteiger charge is -1.83. The van der Waals surface area contributed by atoms with Gasteiger partial charge in [-0.25, -0.2) is 4.79 Å². The molecule has 0 fully saturated rings. The van der Waals surface area contributed by atoms with Crippen LogP contribution in [0.3, 0.4) is 0 Å². The lowest BCUT2D eigenvalue weighted by Crippen LogP contribution is -1.95. The van der Waals surface area contributed by atoms with E-state index < -0.39 is 5.97 Å². The number of carboxylic acid groups (broad SMARTS) is 1. The van der Waals surface area contributed by atoms with Crippen LogP contribution in [-0.4, -0.2) is 26.4 Å². The van der Waals surface area contributed by atoms with Crippen LogP contribution in [0.4, 0.5) is 0 Å². The number of carbonyl (C=O) groups is 1. The van der Waals surface area contributed by atoms with E-state index in [1.54, 1.807) is 13.0 Å². The average Bonchev–Trinajstić information content (AvgIpc) is 2.70. The highest BCUT2D eigenvalue weighted by atomic mass is 16.5. The minimum Gasteiger partial charge on any atom is -0.476 e. The Morgan fingerprint density at radius 1 is 1.57 bits per heavy atom. The number of nitrogens with zero attached hydrogens (tertiary/aromatic N) is 2. The quantitative estimate of drug-likeness (QED) is 0.744. The fraction of sp³-hybridized carbons (Fsp3) is 0.125. The van der Waals surface area contributed by atoms with Crippen LogP contribution in [0.5, 0.6) is 0 Å². The van der Waals surface area contributed by atoms with Crippen molar-refractivity contribution in [1.82, 2.24) is 15.4 Å². The van der Waals surface area contributed by atoms with Crippen LogP contribution in [0.25, 0.3) is 11.5 Å². The highest BCUT2D eigenvalue weighted by molar-refractivity contribution is 5.86. The van der Waals surface area contributed by atoms with Gasteiger partial charge in [0.15, 0.2) is 11.5 Å². The van der Waals surface area contributed by atoms with Crippen LogP contribution in [-0.2, 0) is 0 Å². The molecule has 2 aromatic rings. The molecule has 0 saturated carbocycles. The summed E-state index contributed by atoms with van der Waals surface area (Å²) < 4.78 is 4.93. The van der Waals surface area contributed by atoms with E-state index in [2.05, 4.69) is 15.4 Å². The first kappa shape index (κ1) is 8.49. The zero-order chi connectivity index (χ0) is 10.1. The fourth-order valence-electron chi connectivity index (χ4n) is 1.05. The third-order valence-corrected chi connectivity index (χ3v) is 1.69. The molecule has 0 radical (unpaired) electrons. The molecule has 0 amide bonds. The van der Waals surface area contributed by atoms with Gasteiger partial charge in [0.25, 0.3) is 0 Å². The minimum absolute atomic E-state index is 0.0472. The second-order valence-corrected chi connectivity index (χ2v) is 2.80. The maximum atomic E-state index is 10.5. The number of aryl methyl sites for hydroxylation is 1. The van der Waals surface area contributed by atoms with Gasteiger partial charge in [-0.3, -0.25) is 5.10 Å². The first-order valence-electron chi connectivity index (χ1n) is 3.89. The van der Waals surface area contributed by atoms with E-state index in [9.17, 15) is 4.79 Å². The van der Waals surface area contributed by atoms with Crippen molar-refractivity contribution in [2.75, 3.05) is 0 Å². The van der Waals surface area contributed by atoms with Crippen LogP contribution >= 0.6 is 0 Å². The van der Waals surface area contributed by atoms with E-state index in [0.29, 0.717) is 11.5 Å². The van der Waals surface area contributed by atoms with Gasteiger partial charge in [0.05, 0.1) is 5.69 Å². The molecule has 72 valence electrons. The molecule has 0 unspecified atom stereocenters. The van der Waals surface area contributed by atoms with E-state index in [0.717, 1.165) is 5.69 Å². The number of aromatic carboxylic acids is 1. The number of H-pyrrole nitrogens is 1. The summed E-state index contributed by atoms with van der Waals surface area (Å²) in [6, 6.07) is 3.08. The van der Waals surface area contributed by atoms with E-state index in [4.69, 9.17) is 9.63 Å². The number of carboxylic acids is 1. The van der Waals surface area contributed by atoms with E-state index in [1.165, 1.54) is 6.07 Å². The van der Waals surface area contributed by atoms with Gasteiger partial charge in [0.1, 0.15) is 5.69 Å². The maximum absolute atomic E-state index is 10.5. The maximum Gasteiger partial charge on any atom is 0.356 e. The summed E-state index contributed by atoms with van der Waals surface area (Å²) in [4.78, 5) is 10.5. The van der Waals surface area contributed by atoms with Crippen molar-refractivity contribution in [3.05, 3.63) is 23.5 Å². The Balaban J connectivity index is 2.38. The molecule has 2 N–H and O–H groups in total. The molecular formula is C8H7N3O3. The zero-order valence-corrected chi connectivity index (χ0v) is 7.31. The van der Waals surface area contributed by atoms with Gasteiger partial charge in [0.2, 0.25) is 0 Å². The number of hydrogen-bond donors (Lipinski definition) is 2. The lowest BCUT2D eigenvalue weighted by atomic mass is 10.3. The van der Waals surface area contributed by atoms with Crippen LogP contribution in [0.1, 0.15) is 16.2 Å². The number of aromatic nitrogens is 3. The van der Waals surface area contributed by atoms with Gasteiger partial charge in [-0.05, 0) is 6.92 Å². The lowest BCUT2D eigenvalue weighted by molar-refractivity contribution is 0.0690. The van der Waals surface area contributed by atoms with Crippen LogP contribution in [0.2, 0.25) is 0 Å². The molecule has 0 bridgehead atoms. The number of nitrogens with one attached hydrogen (secondary N) is 1. The predicted molar refractivity (Wildman–Crippen MR) is 45.8 cm³/mol. The third-order valence-electron chi connectivity index (χ3n) is 1.69. The van der Waals surface area contributed by atoms with Crippen LogP contribution in [0.15, 0.2) is 16.7 Å². The summed E-state index contributed by atoms with van der Waals surface area (Å²) in [6.07, 6.45) is 0. The molecule has 6 nitrogen and oxygen atoms in total. The van der Waals surface area contributed by atoms with Crippen molar-refractivity contribution in [3.63, 3.8) is 0 Å². The predicted octanol–water partition coefficient (Wildman–Crippen LogP) is 1.07. The molecule has 0 aliphatic heterocycles. The van der Waals surface area contributed by atoms with Gasteiger partial charge in [-0.2, -0.15) is 5.10 Å². The van der Waals surface area contributed by atoms with Gasteiger partial charge >= 0.3 is 5.97 Å². The standard InChI is InChI=1S/C8H7N3O3/c1-4-2-7(14-11-4)5-3-6(8(12)13)10-9-5/h2-3H,1H3,(H,9,10)(H,12,13). The summed E-state index contributed by atoms with van der Waals surface area (Å²) in [6.45, 7) is 1.78. The van der Waals surface area contributed by atoms with Crippen molar-refractivity contribution >= 4 is 5.97 Å². The second kappa shape index (κ2) is 2.99. The van der Waals surface area contributed by atoms with E-state index in [1.807, 2.05) is 0 Å². The molecule has 14 heavy (non-hydrogen) atoms. The second-order valence-electron chi connectivity index (χ2n) is 2.80. The molecule has 6 heteroatoms. The molecule has 2 aromatic heterocycles. The Kier molecular flexibility index (Phi) is 1.81. The minimum atomic E-state index is -1.08. The Morgan fingerprint density at radius 3 is 2.86 bits per heavy atom. The zero-order valence-electron chi connectivity index (χ0n) is 7.31. The molecule has 2 rings (SSSR count). The van der Waals surface area contributed by atoms with Crippen molar-refractivity contribution < 1.29 is 14.4 Å². The van der Waals surface area contributed by atoms with Gasteiger partial charge in [-0.1, -0.05) is 5.16 Å². The summed E-state index contributed by atoms with van der Waals surface area (Å²) in [7, 11) is 0. The highest BCUT2D eigenvalue weighted by Crippen LogP contribution is 2.18. The van der Waals surface area contributed by atoms with Crippen molar-refractivity contribution in [2.45, 2.75) is 6.92 Å². The third kappa shape index (κ3) is 1.37. The van der Waals surface area contributed by atoms with Crippen molar-refractivity contribution in [1.29, 1.82) is 0 Å². The Labute approximate surface area is 78.5 Å². The summed E-state index contributed by atoms with van der Waals surface area (Å²) in [5.41, 5.74) is 1.18. The summed E-state index contributed by atoms with van der Waals surface area (Å²) >= 11 is 0. The monoisotopic (exact) mass is 193 g/mol. The summed E-state index contributed by atoms with van der Waals surface area (Å²) in [5.74, 6) is -0.605. The highest BCUT2D eigenvalue weighted by Gasteiger charge is 2.12. The molecule has 0 aromatic carbocycles. The normalized spacial score (nSPS) is 10.4. The van der Waals surface area contributed by atoms with E-state index in [-0.39, 0.29) is 5.69 Å². The van der Waals surface area contributed by atoms with Gasteiger partial charge in [-0.15, -0.1) is 0 Å². The molecular weight excluding hydrogens is 186 g/mol. The number of rotatable bonds is 2. The SMILES string of the molecule is Cc1cc(-c2cc(C(=O)O)n[nH]2)on1. The Morgan fingerprint density at radius 2 is 2.36 bits per heavy atom. The Bertz CT molecular complexity index is 472. The molecule has 0 spiro atoms. The van der Waals surface area contributed by atoms with Gasteiger partial charge < -0.3 is 9.63 Å². The first-order valence-corrected chi connectivity index (χ1v) is 3.89. The molecule has 0 aliphatic carbocycles. The van der Waals surface area contributed by atoms with Crippen molar-refractivity contribution in [2.24, 2.45) is 0 Å². The fourth-order valence-corrected chi connectivity index (χ4v) is 1.05. The summed E-state index contributed by atoms with van der Waals surface area (Å²) in [5, 5.41) is 18.4. The van der Waals surface area contributed by atoms with Gasteiger partial charge in [0, 0.05) is 12.1 Å². The molecule has 0 saturated heterocycles. The number of aromatic amines is 1. The smallest absolute Gasteiger partial charge is 0.356 e. The first-order chi connectivity index (χ1) is 6.66. The average molecular weight is 193 g/mol. The largest absolute Gasteiger partial charge is 0.476 e. The van der Waals surface area contributed by atoms with Crippen LogP contribution < -0.4 is 0 Å². The van der Waals surface area contributed by atoms with E-state index >= 15 is 0 Å².